The fourth-order valence-corrected chi connectivity index (χ4v) is 13.4. The lowest BCUT2D eigenvalue weighted by atomic mass is 10.0. The van der Waals surface area contributed by atoms with E-state index in [1.165, 1.54) is 193 Å². The lowest BCUT2D eigenvalue weighted by molar-refractivity contribution is -0.161. The van der Waals surface area contributed by atoms with Crippen LogP contribution in [-0.4, -0.2) is 95.9 Å². The van der Waals surface area contributed by atoms with E-state index in [-0.39, 0.29) is 19.3 Å². The number of aliphatic hydroxyl groups excluding tert-OH is 2. The summed E-state index contributed by atoms with van der Waals surface area (Å²) in [6.07, 6.45) is 97.2. The van der Waals surface area contributed by atoms with Crippen LogP contribution < -0.4 is 0 Å². The molecule has 0 rings (SSSR count). The van der Waals surface area contributed by atoms with Crippen LogP contribution in [0.3, 0.4) is 0 Å². The molecule has 0 bridgehead atoms. The van der Waals surface area contributed by atoms with Crippen LogP contribution in [0.1, 0.15) is 380 Å². The van der Waals surface area contributed by atoms with E-state index in [9.17, 15) is 43.5 Å². The molecular formula is C89H158O16P2. The van der Waals surface area contributed by atoms with Gasteiger partial charge in [0.2, 0.25) is 0 Å². The summed E-state index contributed by atoms with van der Waals surface area (Å²) in [5, 5.41) is 20.7. The van der Waals surface area contributed by atoms with Crippen LogP contribution in [0.4, 0.5) is 0 Å². The van der Waals surface area contributed by atoms with Crippen molar-refractivity contribution in [2.75, 3.05) is 39.6 Å². The highest BCUT2D eigenvalue weighted by Crippen LogP contribution is 2.45. The Morgan fingerprint density at radius 2 is 0.467 bits per heavy atom. The van der Waals surface area contributed by atoms with Gasteiger partial charge in [-0.05, 0) is 135 Å². The van der Waals surface area contributed by atoms with E-state index in [0.717, 1.165) is 128 Å². The minimum atomic E-state index is -4.94. The predicted molar refractivity (Wildman–Crippen MR) is 445 cm³/mol. The molecule has 0 aromatic heterocycles. The van der Waals surface area contributed by atoms with Crippen molar-refractivity contribution in [1.82, 2.24) is 0 Å². The SMILES string of the molecule is CCCCC/C=C\C/C=C\C/C=C\C/C=C\CCCCCCCCCCCCCCCCCCCCCC(=O)OCC(O)COP(=O)(O)OCC(O)COP(=O)(O)OCC(COC(=O)CCCCCCC/C=C\C/C=C\C/C=C\C/C=C\CCCCC)OC(=O)CCCCCCC/C=C\CCCCCCCC. The van der Waals surface area contributed by atoms with Gasteiger partial charge >= 0.3 is 33.6 Å². The Morgan fingerprint density at radius 1 is 0.262 bits per heavy atom. The Labute approximate surface area is 653 Å². The maximum Gasteiger partial charge on any atom is 0.472 e. The van der Waals surface area contributed by atoms with Crippen LogP contribution in [-0.2, 0) is 55.8 Å². The van der Waals surface area contributed by atoms with Gasteiger partial charge in [-0.3, -0.25) is 32.5 Å². The van der Waals surface area contributed by atoms with Crippen molar-refractivity contribution in [2.24, 2.45) is 0 Å². The van der Waals surface area contributed by atoms with Crippen molar-refractivity contribution in [2.45, 2.75) is 399 Å². The van der Waals surface area contributed by atoms with Crippen molar-refractivity contribution in [3.8, 4) is 0 Å². The summed E-state index contributed by atoms with van der Waals surface area (Å²) in [7, 11) is -9.80. The summed E-state index contributed by atoms with van der Waals surface area (Å²) < 4.78 is 61.2. The second-order valence-corrected chi connectivity index (χ2v) is 31.9. The largest absolute Gasteiger partial charge is 0.472 e. The van der Waals surface area contributed by atoms with Crippen LogP contribution in [0.15, 0.2) is 109 Å². The van der Waals surface area contributed by atoms with Gasteiger partial charge in [-0.1, -0.05) is 336 Å². The lowest BCUT2D eigenvalue weighted by Gasteiger charge is -2.21. The average molecular weight is 1550 g/mol. The Bertz CT molecular complexity index is 2380. The van der Waals surface area contributed by atoms with Crippen molar-refractivity contribution < 1.29 is 75.8 Å². The number of carbonyl (C=O) groups is 3. The Hall–Kier alpha value is -3.79. The summed E-state index contributed by atoms with van der Waals surface area (Å²) in [6, 6.07) is 0. The summed E-state index contributed by atoms with van der Waals surface area (Å²) in [4.78, 5) is 58.7. The van der Waals surface area contributed by atoms with Crippen molar-refractivity contribution in [1.29, 1.82) is 0 Å². The van der Waals surface area contributed by atoms with E-state index in [0.29, 0.717) is 19.3 Å². The molecule has 0 saturated heterocycles. The fraction of sp³-hybridized carbons (Fsp3) is 0.764. The van der Waals surface area contributed by atoms with Crippen molar-refractivity contribution >= 4 is 33.6 Å². The van der Waals surface area contributed by atoms with Gasteiger partial charge in [-0.15, -0.1) is 0 Å². The summed E-state index contributed by atoms with van der Waals surface area (Å²) in [5.74, 6) is -1.59. The van der Waals surface area contributed by atoms with Gasteiger partial charge in [0.25, 0.3) is 0 Å². The Balaban J connectivity index is 4.42. The molecule has 0 aromatic rings. The van der Waals surface area contributed by atoms with E-state index in [2.05, 4.69) is 130 Å². The highest BCUT2D eigenvalue weighted by Gasteiger charge is 2.29. The molecule has 0 heterocycles. The molecule has 5 unspecified atom stereocenters. The number of phosphoric ester groups is 2. The first-order valence-corrected chi connectivity index (χ1v) is 46.2. The number of phosphoric acid groups is 2. The monoisotopic (exact) mass is 1550 g/mol. The molecule has 0 aliphatic heterocycles. The molecule has 0 spiro atoms. The van der Waals surface area contributed by atoms with E-state index >= 15 is 0 Å². The van der Waals surface area contributed by atoms with Crippen molar-refractivity contribution in [3.05, 3.63) is 109 Å². The normalized spacial score (nSPS) is 14.4. The number of aliphatic hydroxyl groups is 2. The molecule has 0 aliphatic carbocycles. The first-order chi connectivity index (χ1) is 52.2. The highest BCUT2D eigenvalue weighted by atomic mass is 31.2. The second kappa shape index (κ2) is 81.7. The predicted octanol–water partition coefficient (Wildman–Crippen LogP) is 25.9. The number of unbranched alkanes of at least 4 members (excludes halogenated alkanes) is 41. The van der Waals surface area contributed by atoms with Gasteiger partial charge < -0.3 is 34.2 Å². The Morgan fingerprint density at radius 3 is 0.766 bits per heavy atom. The first-order valence-electron chi connectivity index (χ1n) is 43.2. The number of hydrogen-bond donors (Lipinski definition) is 4. The van der Waals surface area contributed by atoms with Gasteiger partial charge in [0, 0.05) is 19.3 Å². The van der Waals surface area contributed by atoms with Crippen LogP contribution in [0, 0.1) is 0 Å². The number of carbonyl (C=O) groups excluding carboxylic acids is 3. The van der Waals surface area contributed by atoms with Gasteiger partial charge in [0.05, 0.1) is 26.4 Å². The van der Waals surface area contributed by atoms with E-state index in [4.69, 9.17) is 32.3 Å². The van der Waals surface area contributed by atoms with Crippen LogP contribution in [0.25, 0.3) is 0 Å². The zero-order valence-electron chi connectivity index (χ0n) is 68.0. The zero-order chi connectivity index (χ0) is 78.0. The van der Waals surface area contributed by atoms with E-state index < -0.39 is 91.5 Å². The van der Waals surface area contributed by atoms with Crippen LogP contribution >= 0.6 is 15.6 Å². The van der Waals surface area contributed by atoms with Crippen molar-refractivity contribution in [3.63, 3.8) is 0 Å². The highest BCUT2D eigenvalue weighted by molar-refractivity contribution is 7.47. The molecule has 0 aliphatic rings. The molecule has 0 fully saturated rings. The molecular weight excluding hydrogens is 1390 g/mol. The van der Waals surface area contributed by atoms with Gasteiger partial charge in [-0.25, -0.2) is 9.13 Å². The van der Waals surface area contributed by atoms with E-state index in [1.54, 1.807) is 0 Å². The van der Waals surface area contributed by atoms with Gasteiger partial charge in [0.15, 0.2) is 6.10 Å². The minimum Gasteiger partial charge on any atom is -0.463 e. The maximum atomic E-state index is 13.0. The Kier molecular flexibility index (Phi) is 78.8. The number of ether oxygens (including phenoxy) is 3. The number of allylic oxidation sites excluding steroid dienone is 18. The third kappa shape index (κ3) is 83.0. The molecule has 0 amide bonds. The summed E-state index contributed by atoms with van der Waals surface area (Å²) in [6.45, 7) is 2.63. The quantitative estimate of drug-likeness (QED) is 0.0146. The first kappa shape index (κ1) is 103. The average Bonchev–Trinajstić information content (AvgIpc) is 0.906. The molecule has 620 valence electrons. The molecule has 4 N–H and O–H groups in total. The third-order valence-electron chi connectivity index (χ3n) is 18.4. The lowest BCUT2D eigenvalue weighted by Crippen LogP contribution is -2.30. The van der Waals surface area contributed by atoms with E-state index in [1.807, 2.05) is 0 Å². The number of esters is 3. The summed E-state index contributed by atoms with van der Waals surface area (Å²) >= 11 is 0. The van der Waals surface area contributed by atoms with Crippen LogP contribution in [0.2, 0.25) is 0 Å². The van der Waals surface area contributed by atoms with Gasteiger partial charge in [-0.2, -0.15) is 0 Å². The standard InChI is InChI=1S/C89H158O16P2/c1-4-7-10-13-16-19-22-25-28-30-32-34-35-36-37-38-39-40-41-42-43-44-45-46-47-49-51-52-55-57-60-63-66-69-72-75-87(92)99-78-84(90)79-101-106(95,96)102-80-85(91)81-103-107(97,98)104-83-86(105-89(94)77-74-71-68-65-62-59-54-27-24-21-18-15-12-9-6-3)82-100-88(93)76-73-70-67-64-61-58-56-53-50-48-33-31-29-26-23-20-17-14-11-8-5-2/h16-17,19-20,25-29,32-34,36-37,48,53-54,56,84-86,90-91H,4-15,18,21-24,30-31,35,38-47,49-52,55,57-83H2,1-3H3,(H,95,96)(H,97,98)/b19-16-,20-17-,28-25-,29-26-,34-32-,37-36-,48-33-,54-27-,56-53-. The molecule has 0 radical (unpaired) electrons. The minimum absolute atomic E-state index is 0.0905. The maximum absolute atomic E-state index is 13.0. The smallest absolute Gasteiger partial charge is 0.463 e. The zero-order valence-corrected chi connectivity index (χ0v) is 69.8. The molecule has 5 atom stereocenters. The topological polar surface area (TPSA) is 231 Å². The number of hydrogen-bond acceptors (Lipinski definition) is 14. The molecule has 16 nitrogen and oxygen atoms in total. The fourth-order valence-electron chi connectivity index (χ4n) is 11.8. The van der Waals surface area contributed by atoms with Gasteiger partial charge in [0.1, 0.15) is 25.4 Å². The number of rotatable bonds is 82. The molecule has 107 heavy (non-hydrogen) atoms. The third-order valence-corrected chi connectivity index (χ3v) is 20.3. The molecule has 0 saturated carbocycles. The molecule has 0 aromatic carbocycles. The van der Waals surface area contributed by atoms with Crippen LogP contribution in [0.5, 0.6) is 0 Å². The summed E-state index contributed by atoms with van der Waals surface area (Å²) in [5.41, 5.74) is 0. The second-order valence-electron chi connectivity index (χ2n) is 29.0. The molecule has 18 heteroatoms.